The lowest BCUT2D eigenvalue weighted by atomic mass is 10.1. The Kier molecular flexibility index (Phi) is 6.33. The fourth-order valence-corrected chi connectivity index (χ4v) is 3.16. The third kappa shape index (κ3) is 4.21. The van der Waals surface area contributed by atoms with E-state index in [0.717, 1.165) is 45.6 Å². The molecule has 0 spiro atoms. The molecule has 0 saturated carbocycles. The lowest BCUT2D eigenvalue weighted by Crippen LogP contribution is -2.37. The van der Waals surface area contributed by atoms with Gasteiger partial charge in [-0.05, 0) is 44.0 Å². The summed E-state index contributed by atoms with van der Waals surface area (Å²) in [6.07, 6.45) is 2.71. The van der Waals surface area contributed by atoms with Crippen molar-refractivity contribution in [2.45, 2.75) is 39.3 Å². The molecule has 20 heavy (non-hydrogen) atoms. The van der Waals surface area contributed by atoms with Crippen molar-refractivity contribution in [3.8, 4) is 0 Å². The first-order valence-corrected chi connectivity index (χ1v) is 8.39. The van der Waals surface area contributed by atoms with E-state index >= 15 is 0 Å². The van der Waals surface area contributed by atoms with Gasteiger partial charge >= 0.3 is 0 Å². The van der Waals surface area contributed by atoms with E-state index in [4.69, 9.17) is 4.74 Å². The van der Waals surface area contributed by atoms with Crippen LogP contribution in [-0.4, -0.2) is 32.3 Å². The van der Waals surface area contributed by atoms with Crippen molar-refractivity contribution in [3.05, 3.63) is 28.2 Å². The van der Waals surface area contributed by atoms with Gasteiger partial charge in [0.2, 0.25) is 0 Å². The average molecular weight is 341 g/mol. The molecule has 1 aliphatic rings. The summed E-state index contributed by atoms with van der Waals surface area (Å²) in [5.74, 6) is 0. The summed E-state index contributed by atoms with van der Waals surface area (Å²) in [4.78, 5) is 2.46. The smallest absolute Gasteiger partial charge is 0.0608 e. The molecule has 1 saturated heterocycles. The maximum absolute atomic E-state index is 5.71. The molecule has 0 atom stereocenters. The zero-order chi connectivity index (χ0) is 14.4. The quantitative estimate of drug-likeness (QED) is 0.856. The minimum atomic E-state index is 0.452. The van der Waals surface area contributed by atoms with Crippen LogP contribution in [0.15, 0.2) is 22.7 Å². The molecule has 4 heteroatoms. The Bertz CT molecular complexity index is 417. The van der Waals surface area contributed by atoms with Gasteiger partial charge in [-0.3, -0.25) is 0 Å². The van der Waals surface area contributed by atoms with Crippen molar-refractivity contribution >= 4 is 21.6 Å². The average Bonchev–Trinajstić information content (AvgIpc) is 2.47. The Morgan fingerprint density at radius 2 is 2.05 bits per heavy atom. The van der Waals surface area contributed by atoms with Crippen LogP contribution in [0.2, 0.25) is 0 Å². The Labute approximate surface area is 130 Å². The third-order valence-corrected chi connectivity index (χ3v) is 4.55. The highest BCUT2D eigenvalue weighted by Crippen LogP contribution is 2.27. The molecule has 0 bridgehead atoms. The van der Waals surface area contributed by atoms with Crippen LogP contribution >= 0.6 is 15.9 Å². The van der Waals surface area contributed by atoms with Crippen LogP contribution in [0.4, 0.5) is 5.69 Å². The lowest BCUT2D eigenvalue weighted by Gasteiger charge is -2.33. The molecule has 1 N–H and O–H groups in total. The molecular weight excluding hydrogens is 316 g/mol. The summed E-state index contributed by atoms with van der Waals surface area (Å²) in [5.41, 5.74) is 2.63. The van der Waals surface area contributed by atoms with Crippen LogP contribution in [0, 0.1) is 0 Å². The summed E-state index contributed by atoms with van der Waals surface area (Å²) in [7, 11) is 0. The van der Waals surface area contributed by atoms with Crippen molar-refractivity contribution in [2.75, 3.05) is 31.1 Å². The van der Waals surface area contributed by atoms with Crippen molar-refractivity contribution in [1.29, 1.82) is 0 Å². The van der Waals surface area contributed by atoms with Gasteiger partial charge in [0.05, 0.1) is 6.10 Å². The topological polar surface area (TPSA) is 24.5 Å². The molecule has 112 valence electrons. The molecule has 0 aliphatic carbocycles. The maximum atomic E-state index is 5.71. The van der Waals surface area contributed by atoms with Gasteiger partial charge in [0.1, 0.15) is 0 Å². The number of anilines is 1. The van der Waals surface area contributed by atoms with Gasteiger partial charge < -0.3 is 15.0 Å². The van der Waals surface area contributed by atoms with Crippen molar-refractivity contribution in [3.63, 3.8) is 0 Å². The van der Waals surface area contributed by atoms with Crippen LogP contribution in [0.1, 0.15) is 32.3 Å². The fraction of sp³-hybridized carbons (Fsp3) is 0.625. The van der Waals surface area contributed by atoms with E-state index in [1.807, 2.05) is 0 Å². The number of halogens is 1. The van der Waals surface area contributed by atoms with Crippen molar-refractivity contribution in [2.24, 2.45) is 0 Å². The molecule has 3 nitrogen and oxygen atoms in total. The second-order valence-electron chi connectivity index (χ2n) is 5.20. The molecular formula is C16H25BrN2O. The van der Waals surface area contributed by atoms with E-state index in [1.54, 1.807) is 0 Å². The van der Waals surface area contributed by atoms with Gasteiger partial charge in [-0.1, -0.05) is 28.9 Å². The number of rotatable bonds is 6. The van der Waals surface area contributed by atoms with E-state index in [0.29, 0.717) is 6.10 Å². The fourth-order valence-electron chi connectivity index (χ4n) is 2.65. The first-order chi connectivity index (χ1) is 9.74. The first kappa shape index (κ1) is 15.8. The largest absolute Gasteiger partial charge is 0.378 e. The van der Waals surface area contributed by atoms with Crippen molar-refractivity contribution in [1.82, 2.24) is 5.32 Å². The van der Waals surface area contributed by atoms with Gasteiger partial charge in [-0.25, -0.2) is 0 Å². The first-order valence-electron chi connectivity index (χ1n) is 7.60. The molecule has 2 rings (SSSR count). The zero-order valence-electron chi connectivity index (χ0n) is 12.5. The zero-order valence-corrected chi connectivity index (χ0v) is 14.1. The third-order valence-electron chi connectivity index (χ3n) is 3.81. The Balaban J connectivity index is 1.95. The minimum Gasteiger partial charge on any atom is -0.378 e. The van der Waals surface area contributed by atoms with Gasteiger partial charge in [0, 0.05) is 36.4 Å². The standard InChI is InChI=1S/C16H25BrN2O/c1-3-18-12-13-5-6-14(11-16(13)17)19-9-7-15(8-10-19)20-4-2/h5-6,11,15,18H,3-4,7-10,12H2,1-2H3. The van der Waals surface area contributed by atoms with E-state index in [1.165, 1.54) is 15.7 Å². The number of hydrogen-bond acceptors (Lipinski definition) is 3. The molecule has 1 aromatic rings. The monoisotopic (exact) mass is 340 g/mol. The number of nitrogens with zero attached hydrogens (tertiary/aromatic N) is 1. The Morgan fingerprint density at radius 3 is 2.65 bits per heavy atom. The summed E-state index contributed by atoms with van der Waals surface area (Å²) in [6, 6.07) is 6.70. The van der Waals surface area contributed by atoms with E-state index in [2.05, 4.69) is 58.2 Å². The second kappa shape index (κ2) is 8.01. The van der Waals surface area contributed by atoms with Crippen LogP contribution in [-0.2, 0) is 11.3 Å². The molecule has 1 aromatic carbocycles. The molecule has 1 aliphatic heterocycles. The SMILES string of the molecule is CCNCc1ccc(N2CCC(OCC)CC2)cc1Br. The second-order valence-corrected chi connectivity index (χ2v) is 6.05. The van der Waals surface area contributed by atoms with E-state index in [-0.39, 0.29) is 0 Å². The minimum absolute atomic E-state index is 0.452. The Hall–Kier alpha value is -0.580. The number of benzene rings is 1. The summed E-state index contributed by atoms with van der Waals surface area (Å²) >= 11 is 3.69. The number of nitrogens with one attached hydrogen (secondary N) is 1. The molecule has 1 heterocycles. The normalized spacial score (nSPS) is 16.6. The van der Waals surface area contributed by atoms with Gasteiger partial charge in [-0.15, -0.1) is 0 Å². The van der Waals surface area contributed by atoms with E-state index in [9.17, 15) is 0 Å². The summed E-state index contributed by atoms with van der Waals surface area (Å²) < 4.78 is 6.91. The van der Waals surface area contributed by atoms with Crippen LogP contribution in [0.25, 0.3) is 0 Å². The lowest BCUT2D eigenvalue weighted by molar-refractivity contribution is 0.0459. The highest BCUT2D eigenvalue weighted by Gasteiger charge is 2.19. The van der Waals surface area contributed by atoms with E-state index < -0.39 is 0 Å². The molecule has 0 radical (unpaired) electrons. The van der Waals surface area contributed by atoms with Crippen molar-refractivity contribution < 1.29 is 4.74 Å². The predicted octanol–water partition coefficient (Wildman–Crippen LogP) is 3.56. The number of hydrogen-bond donors (Lipinski definition) is 1. The van der Waals surface area contributed by atoms with Gasteiger partial charge in [0.15, 0.2) is 0 Å². The van der Waals surface area contributed by atoms with Crippen LogP contribution in [0.3, 0.4) is 0 Å². The van der Waals surface area contributed by atoms with Gasteiger partial charge in [0.25, 0.3) is 0 Å². The summed E-state index contributed by atoms with van der Waals surface area (Å²) in [6.45, 7) is 9.13. The predicted molar refractivity (Wildman–Crippen MR) is 88.4 cm³/mol. The van der Waals surface area contributed by atoms with Crippen LogP contribution < -0.4 is 10.2 Å². The highest BCUT2D eigenvalue weighted by atomic mass is 79.9. The molecule has 1 fully saturated rings. The Morgan fingerprint density at radius 1 is 1.30 bits per heavy atom. The van der Waals surface area contributed by atoms with Crippen LogP contribution in [0.5, 0.6) is 0 Å². The molecule has 0 aromatic heterocycles. The number of ether oxygens (including phenoxy) is 1. The van der Waals surface area contributed by atoms with Gasteiger partial charge in [-0.2, -0.15) is 0 Å². The maximum Gasteiger partial charge on any atom is 0.0608 e. The molecule has 0 unspecified atom stereocenters. The summed E-state index contributed by atoms with van der Waals surface area (Å²) in [5, 5.41) is 3.36. The molecule has 0 amide bonds. The number of piperidine rings is 1. The highest BCUT2D eigenvalue weighted by molar-refractivity contribution is 9.10.